The molecule has 0 nitrogen and oxygen atoms in total. The molecule has 0 amide bonds. The van der Waals surface area contributed by atoms with Crippen LogP contribution in [-0.2, 0) is 0 Å². The van der Waals surface area contributed by atoms with Crippen LogP contribution < -0.4 is 0 Å². The minimum absolute atomic E-state index is 0.693. The summed E-state index contributed by atoms with van der Waals surface area (Å²) in [6, 6.07) is 6.72. The second-order valence-corrected chi connectivity index (χ2v) is 2.55. The van der Waals surface area contributed by atoms with Gasteiger partial charge in [0.1, 0.15) is 0 Å². The highest BCUT2D eigenvalue weighted by molar-refractivity contribution is 6.30. The van der Waals surface area contributed by atoms with E-state index < -0.39 is 0 Å². The number of aryl methyl sites for hydroxylation is 2. The summed E-state index contributed by atoms with van der Waals surface area (Å²) < 4.78 is 0. The first-order chi connectivity index (χ1) is 4.20. The zero-order chi connectivity index (χ0) is 6.85. The van der Waals surface area contributed by atoms with Crippen molar-refractivity contribution in [3.05, 3.63) is 34.3 Å². The van der Waals surface area contributed by atoms with Gasteiger partial charge in [-0.1, -0.05) is 11.6 Å². The summed E-state index contributed by atoms with van der Waals surface area (Å²) in [6.07, 6.45) is 0. The Kier molecular flexibility index (Phi) is 1.77. The first-order valence-electron chi connectivity index (χ1n) is 2.84. The molecule has 0 aliphatic carbocycles. The maximum atomic E-state index is 5.66. The quantitative estimate of drug-likeness (QED) is 0.519. The van der Waals surface area contributed by atoms with Gasteiger partial charge < -0.3 is 0 Å². The maximum absolute atomic E-state index is 5.66. The summed E-state index contributed by atoms with van der Waals surface area (Å²) in [4.78, 5) is 0. The summed E-state index contributed by atoms with van der Waals surface area (Å²) in [7, 11) is 0. The van der Waals surface area contributed by atoms with E-state index in [2.05, 4.69) is 6.07 Å². The zero-order valence-corrected chi connectivity index (χ0v) is 6.29. The van der Waals surface area contributed by atoms with Crippen LogP contribution >= 0.6 is 11.6 Å². The average Bonchev–Trinajstić information content (AvgIpc) is 1.80. The lowest BCUT2D eigenvalue weighted by Crippen LogP contribution is -1.77. The highest BCUT2D eigenvalue weighted by Gasteiger charge is 1.91. The van der Waals surface area contributed by atoms with Crippen LogP contribution in [-0.4, -0.2) is 0 Å². The maximum Gasteiger partial charge on any atom is 0.0487 e. The fourth-order valence-electron chi connectivity index (χ4n) is 0.637. The van der Waals surface area contributed by atoms with Gasteiger partial charge in [-0.15, -0.1) is 0 Å². The zero-order valence-electron chi connectivity index (χ0n) is 5.53. The van der Waals surface area contributed by atoms with E-state index >= 15 is 0 Å². The van der Waals surface area contributed by atoms with Crippen molar-refractivity contribution in [2.75, 3.05) is 0 Å². The van der Waals surface area contributed by atoms with Gasteiger partial charge in [0.15, 0.2) is 0 Å². The minimum Gasteiger partial charge on any atom is -0.0837 e. The standard InChI is InChI=1S/C8H8Cl/c1-6-3-4-8(9)5-7(6)2/h3,5H,1-2H3. The van der Waals surface area contributed by atoms with E-state index in [1.54, 1.807) is 0 Å². The van der Waals surface area contributed by atoms with Gasteiger partial charge in [-0.3, -0.25) is 0 Å². The van der Waals surface area contributed by atoms with Gasteiger partial charge in [-0.2, -0.15) is 0 Å². The summed E-state index contributed by atoms with van der Waals surface area (Å²) in [5.74, 6) is 0. The molecule has 0 heterocycles. The fraction of sp³-hybridized carbons (Fsp3) is 0.250. The average molecular weight is 140 g/mol. The van der Waals surface area contributed by atoms with E-state index in [9.17, 15) is 0 Å². The largest absolute Gasteiger partial charge is 0.0837 e. The molecule has 0 unspecified atom stereocenters. The summed E-state index contributed by atoms with van der Waals surface area (Å²) >= 11 is 5.66. The third-order valence-corrected chi connectivity index (χ3v) is 1.61. The number of benzene rings is 1. The Morgan fingerprint density at radius 1 is 1.33 bits per heavy atom. The first kappa shape index (κ1) is 6.63. The molecule has 0 N–H and O–H groups in total. The predicted octanol–water partition coefficient (Wildman–Crippen LogP) is 2.76. The molecule has 0 aromatic heterocycles. The van der Waals surface area contributed by atoms with Crippen LogP contribution in [0.4, 0.5) is 0 Å². The number of hydrogen-bond acceptors (Lipinski definition) is 0. The van der Waals surface area contributed by atoms with Gasteiger partial charge in [0.05, 0.1) is 0 Å². The molecule has 47 valence electrons. The summed E-state index contributed by atoms with van der Waals surface area (Å²) in [5, 5.41) is 0.693. The molecule has 0 fully saturated rings. The highest BCUT2D eigenvalue weighted by Crippen LogP contribution is 2.12. The van der Waals surface area contributed by atoms with Crippen LogP contribution in [0.25, 0.3) is 0 Å². The smallest absolute Gasteiger partial charge is 0.0487 e. The van der Waals surface area contributed by atoms with Crippen LogP contribution in [0.15, 0.2) is 12.1 Å². The van der Waals surface area contributed by atoms with Gasteiger partial charge >= 0.3 is 0 Å². The lowest BCUT2D eigenvalue weighted by Gasteiger charge is -1.96. The predicted molar refractivity (Wildman–Crippen MR) is 39.8 cm³/mol. The van der Waals surface area contributed by atoms with Crippen molar-refractivity contribution >= 4 is 11.6 Å². The molecule has 1 aromatic rings. The lowest BCUT2D eigenvalue weighted by molar-refractivity contribution is 1.34. The first-order valence-corrected chi connectivity index (χ1v) is 3.22. The van der Waals surface area contributed by atoms with Crippen molar-refractivity contribution in [3.63, 3.8) is 0 Å². The van der Waals surface area contributed by atoms with E-state index in [0.29, 0.717) is 5.02 Å². The normalized spacial score (nSPS) is 9.67. The second kappa shape index (κ2) is 2.40. The van der Waals surface area contributed by atoms with E-state index in [4.69, 9.17) is 11.6 Å². The fourth-order valence-corrected chi connectivity index (χ4v) is 0.855. The Hall–Kier alpha value is -0.490. The van der Waals surface area contributed by atoms with E-state index in [1.165, 1.54) is 11.1 Å². The number of rotatable bonds is 0. The molecule has 0 saturated carbocycles. The van der Waals surface area contributed by atoms with Crippen LogP contribution in [0.2, 0.25) is 5.02 Å². The second-order valence-electron chi connectivity index (χ2n) is 2.15. The molecule has 1 rings (SSSR count). The van der Waals surface area contributed by atoms with Crippen LogP contribution in [0.3, 0.4) is 0 Å². The van der Waals surface area contributed by atoms with Gasteiger partial charge in [-0.25, -0.2) is 0 Å². The van der Waals surface area contributed by atoms with Crippen molar-refractivity contribution < 1.29 is 0 Å². The molecule has 0 atom stereocenters. The molecule has 9 heavy (non-hydrogen) atoms. The van der Waals surface area contributed by atoms with E-state index in [1.807, 2.05) is 26.0 Å². The molecule has 0 aliphatic rings. The van der Waals surface area contributed by atoms with E-state index in [0.717, 1.165) is 0 Å². The summed E-state index contributed by atoms with van der Waals surface area (Å²) in [6.45, 7) is 4.08. The van der Waals surface area contributed by atoms with Gasteiger partial charge in [0.25, 0.3) is 0 Å². The third kappa shape index (κ3) is 1.46. The molecule has 1 radical (unpaired) electrons. The van der Waals surface area contributed by atoms with Crippen molar-refractivity contribution in [3.8, 4) is 0 Å². The Morgan fingerprint density at radius 2 is 2.00 bits per heavy atom. The number of halogens is 1. The van der Waals surface area contributed by atoms with Gasteiger partial charge in [0.2, 0.25) is 0 Å². The molecule has 1 heteroatoms. The molecule has 0 saturated heterocycles. The van der Waals surface area contributed by atoms with Crippen LogP contribution in [0, 0.1) is 19.9 Å². The molecular formula is C8H8Cl. The van der Waals surface area contributed by atoms with Crippen molar-refractivity contribution in [1.82, 2.24) is 0 Å². The SMILES string of the molecule is Cc1c[c]c(Cl)cc1C. The molecule has 0 bridgehead atoms. The minimum atomic E-state index is 0.693. The molecule has 0 spiro atoms. The Balaban J connectivity index is 3.17. The van der Waals surface area contributed by atoms with Gasteiger partial charge in [-0.05, 0) is 37.1 Å². The number of hydrogen-bond donors (Lipinski definition) is 0. The molecular weight excluding hydrogens is 132 g/mol. The third-order valence-electron chi connectivity index (χ3n) is 1.39. The molecule has 0 aliphatic heterocycles. The van der Waals surface area contributed by atoms with E-state index in [-0.39, 0.29) is 0 Å². The van der Waals surface area contributed by atoms with Crippen LogP contribution in [0.1, 0.15) is 11.1 Å². The van der Waals surface area contributed by atoms with Crippen molar-refractivity contribution in [1.29, 1.82) is 0 Å². The summed E-state index contributed by atoms with van der Waals surface area (Å²) in [5.41, 5.74) is 2.46. The van der Waals surface area contributed by atoms with Gasteiger partial charge in [0, 0.05) is 11.1 Å². The van der Waals surface area contributed by atoms with Crippen molar-refractivity contribution in [2.24, 2.45) is 0 Å². The highest BCUT2D eigenvalue weighted by atomic mass is 35.5. The van der Waals surface area contributed by atoms with Crippen LogP contribution in [0.5, 0.6) is 0 Å². The Bertz CT molecular complexity index is 216. The Labute approximate surface area is 60.5 Å². The lowest BCUT2D eigenvalue weighted by atomic mass is 10.1. The molecule has 1 aromatic carbocycles. The van der Waals surface area contributed by atoms with Crippen molar-refractivity contribution in [2.45, 2.75) is 13.8 Å². The topological polar surface area (TPSA) is 0 Å². The monoisotopic (exact) mass is 139 g/mol. The Morgan fingerprint density at radius 3 is 2.44 bits per heavy atom.